The molecule has 0 unspecified atom stereocenters. The Morgan fingerprint density at radius 2 is 1.61 bits per heavy atom. The molecule has 6 heteroatoms. The highest BCUT2D eigenvalue weighted by molar-refractivity contribution is 5.92. The molecule has 0 aliphatic carbocycles. The molecular formula is C22H42N2O4. The Morgan fingerprint density at radius 3 is 2.00 bits per heavy atom. The normalized spacial score (nSPS) is 22.8. The molecule has 0 aromatic rings. The summed E-state index contributed by atoms with van der Waals surface area (Å²) in [4.78, 5) is 25.8. The van der Waals surface area contributed by atoms with Crippen molar-refractivity contribution >= 4 is 11.6 Å². The van der Waals surface area contributed by atoms with Crippen molar-refractivity contribution in [2.24, 2.45) is 10.8 Å². The van der Waals surface area contributed by atoms with Gasteiger partial charge in [-0.3, -0.25) is 20.2 Å². The third-order valence-electron chi connectivity index (χ3n) is 5.60. The molecule has 164 valence electrons. The molecule has 0 radical (unpaired) electrons. The number of rotatable bonds is 9. The third-order valence-corrected chi connectivity index (χ3v) is 5.60. The number of hydrogen-bond acceptors (Lipinski definition) is 6. The summed E-state index contributed by atoms with van der Waals surface area (Å²) < 4.78 is 5.64. The molecule has 0 spiro atoms. The lowest BCUT2D eigenvalue weighted by atomic mass is 9.75. The van der Waals surface area contributed by atoms with E-state index in [1.54, 1.807) is 6.92 Å². The van der Waals surface area contributed by atoms with Crippen LogP contribution in [0.5, 0.6) is 0 Å². The number of carbonyl (C=O) groups excluding carboxylic acids is 2. The first kappa shape index (κ1) is 25.2. The first-order valence-corrected chi connectivity index (χ1v) is 10.3. The van der Waals surface area contributed by atoms with Gasteiger partial charge in [0.05, 0.1) is 24.8 Å². The first-order valence-electron chi connectivity index (χ1n) is 10.3. The Hall–Kier alpha value is -0.820. The topological polar surface area (TPSA) is 87.7 Å². The fourth-order valence-electron chi connectivity index (χ4n) is 3.96. The second-order valence-electron chi connectivity index (χ2n) is 11.3. The summed E-state index contributed by atoms with van der Waals surface area (Å²) >= 11 is 0. The summed E-state index contributed by atoms with van der Waals surface area (Å²) in [7, 11) is 0. The van der Waals surface area contributed by atoms with E-state index in [1.807, 2.05) is 62.3 Å². The molecule has 0 bridgehead atoms. The van der Waals surface area contributed by atoms with E-state index in [0.717, 1.165) is 0 Å². The van der Waals surface area contributed by atoms with Crippen LogP contribution in [0.2, 0.25) is 0 Å². The fraction of sp³-hybridized carbons (Fsp3) is 0.909. The average molecular weight is 399 g/mol. The Kier molecular flexibility index (Phi) is 7.32. The average Bonchev–Trinajstić information content (AvgIpc) is 2.90. The maximum absolute atomic E-state index is 13.0. The van der Waals surface area contributed by atoms with Crippen molar-refractivity contribution in [2.75, 3.05) is 13.2 Å². The molecule has 3 N–H and O–H groups in total. The van der Waals surface area contributed by atoms with Crippen molar-refractivity contribution in [1.82, 2.24) is 10.6 Å². The van der Waals surface area contributed by atoms with Crippen LogP contribution in [-0.2, 0) is 14.3 Å². The van der Waals surface area contributed by atoms with Crippen LogP contribution in [0.25, 0.3) is 0 Å². The van der Waals surface area contributed by atoms with Gasteiger partial charge in [-0.25, -0.2) is 0 Å². The SMILES string of the molecule is CC(C)(CCC(C)(C)C(=O)[C@@H]1COC(C)(C)N1)N[C@@](C)(CO)C(=O)C(C)(C)C. The van der Waals surface area contributed by atoms with Gasteiger partial charge in [-0.15, -0.1) is 0 Å². The van der Waals surface area contributed by atoms with E-state index in [9.17, 15) is 14.7 Å². The number of hydrogen-bond donors (Lipinski definition) is 3. The van der Waals surface area contributed by atoms with Gasteiger partial charge in [0.1, 0.15) is 5.72 Å². The molecule has 0 aromatic carbocycles. The molecule has 2 atom stereocenters. The highest BCUT2D eigenvalue weighted by Gasteiger charge is 2.44. The number of nitrogens with one attached hydrogen (secondary N) is 2. The molecule has 1 aliphatic heterocycles. The number of ketones is 2. The second-order valence-corrected chi connectivity index (χ2v) is 11.3. The van der Waals surface area contributed by atoms with Gasteiger partial charge < -0.3 is 9.84 Å². The van der Waals surface area contributed by atoms with Crippen molar-refractivity contribution in [3.8, 4) is 0 Å². The van der Waals surface area contributed by atoms with E-state index in [4.69, 9.17) is 4.74 Å². The van der Waals surface area contributed by atoms with Crippen LogP contribution in [0.1, 0.15) is 82.1 Å². The van der Waals surface area contributed by atoms with Gasteiger partial charge in [0.25, 0.3) is 0 Å². The first-order chi connectivity index (χ1) is 12.4. The van der Waals surface area contributed by atoms with Crippen LogP contribution in [0, 0.1) is 10.8 Å². The number of aliphatic hydroxyl groups is 1. The Labute approximate surface area is 171 Å². The van der Waals surface area contributed by atoms with Gasteiger partial charge in [0.2, 0.25) is 0 Å². The maximum atomic E-state index is 13.0. The molecule has 1 rings (SSSR count). The van der Waals surface area contributed by atoms with Crippen molar-refractivity contribution in [3.05, 3.63) is 0 Å². The Balaban J connectivity index is 2.80. The molecule has 6 nitrogen and oxygen atoms in total. The van der Waals surface area contributed by atoms with Gasteiger partial charge in [-0.1, -0.05) is 34.6 Å². The standard InChI is InChI=1S/C22H42N2O4/c1-18(2,3)17(27)22(10,14-25)24-20(6,7)12-11-19(4,5)16(26)15-13-28-21(8,9)23-15/h15,23-25H,11-14H2,1-10H3/t15-,22-/m0/s1. The highest BCUT2D eigenvalue weighted by Crippen LogP contribution is 2.32. The fourth-order valence-corrected chi connectivity index (χ4v) is 3.96. The van der Waals surface area contributed by atoms with Crippen LogP contribution in [0.15, 0.2) is 0 Å². The van der Waals surface area contributed by atoms with Crippen molar-refractivity contribution in [2.45, 2.75) is 105 Å². The van der Waals surface area contributed by atoms with Gasteiger partial charge in [0, 0.05) is 16.4 Å². The van der Waals surface area contributed by atoms with Crippen molar-refractivity contribution < 1.29 is 19.4 Å². The van der Waals surface area contributed by atoms with E-state index in [2.05, 4.69) is 10.6 Å². The summed E-state index contributed by atoms with van der Waals surface area (Å²) in [5.74, 6) is 0.116. The van der Waals surface area contributed by atoms with E-state index < -0.39 is 27.6 Å². The lowest BCUT2D eigenvalue weighted by Crippen LogP contribution is -2.63. The largest absolute Gasteiger partial charge is 0.394 e. The van der Waals surface area contributed by atoms with Crippen molar-refractivity contribution in [1.29, 1.82) is 0 Å². The zero-order valence-electron chi connectivity index (χ0n) is 19.6. The molecule has 0 aromatic heterocycles. The summed E-state index contributed by atoms with van der Waals surface area (Å²) in [5.41, 5.74) is -3.01. The minimum absolute atomic E-state index is 0.0274. The summed E-state index contributed by atoms with van der Waals surface area (Å²) in [6.45, 7) is 19.2. The molecule has 1 heterocycles. The van der Waals surface area contributed by atoms with Crippen LogP contribution >= 0.6 is 0 Å². The smallest absolute Gasteiger partial charge is 0.160 e. The van der Waals surface area contributed by atoms with Gasteiger partial charge >= 0.3 is 0 Å². The quantitative estimate of drug-likeness (QED) is 0.554. The number of carbonyl (C=O) groups is 2. The molecular weight excluding hydrogens is 356 g/mol. The van der Waals surface area contributed by atoms with Gasteiger partial charge in [0.15, 0.2) is 11.6 Å². The predicted octanol–water partition coefficient (Wildman–Crippen LogP) is 2.82. The van der Waals surface area contributed by atoms with Crippen LogP contribution in [0.3, 0.4) is 0 Å². The third kappa shape index (κ3) is 6.34. The monoisotopic (exact) mass is 398 g/mol. The van der Waals surface area contributed by atoms with Crippen molar-refractivity contribution in [3.63, 3.8) is 0 Å². The van der Waals surface area contributed by atoms with Crippen LogP contribution < -0.4 is 10.6 Å². The highest BCUT2D eigenvalue weighted by atomic mass is 16.5. The second kappa shape index (κ2) is 8.13. The Bertz CT molecular complexity index is 590. The molecule has 0 saturated carbocycles. The van der Waals surface area contributed by atoms with Gasteiger partial charge in [-0.2, -0.15) is 0 Å². The number of ether oxygens (including phenoxy) is 1. The molecule has 1 aliphatic rings. The Morgan fingerprint density at radius 1 is 1.07 bits per heavy atom. The zero-order chi connectivity index (χ0) is 22.2. The zero-order valence-corrected chi connectivity index (χ0v) is 19.6. The minimum Gasteiger partial charge on any atom is -0.394 e. The minimum atomic E-state index is -1.03. The lowest BCUT2D eigenvalue weighted by molar-refractivity contribution is -0.135. The van der Waals surface area contributed by atoms with Gasteiger partial charge in [-0.05, 0) is 47.5 Å². The molecule has 0 amide bonds. The summed E-state index contributed by atoms with van der Waals surface area (Å²) in [6.07, 6.45) is 1.35. The summed E-state index contributed by atoms with van der Waals surface area (Å²) in [6, 6.07) is -0.300. The van der Waals surface area contributed by atoms with Crippen LogP contribution in [0.4, 0.5) is 0 Å². The van der Waals surface area contributed by atoms with E-state index in [-0.39, 0.29) is 24.2 Å². The number of aliphatic hydroxyl groups excluding tert-OH is 1. The van der Waals surface area contributed by atoms with Crippen LogP contribution in [-0.4, -0.2) is 52.7 Å². The van der Waals surface area contributed by atoms with E-state index in [0.29, 0.717) is 19.4 Å². The van der Waals surface area contributed by atoms with E-state index >= 15 is 0 Å². The lowest BCUT2D eigenvalue weighted by Gasteiger charge is -2.41. The maximum Gasteiger partial charge on any atom is 0.160 e. The predicted molar refractivity (Wildman–Crippen MR) is 112 cm³/mol. The molecule has 28 heavy (non-hydrogen) atoms. The molecule has 1 saturated heterocycles. The summed E-state index contributed by atoms with van der Waals surface area (Å²) in [5, 5.41) is 16.5. The van der Waals surface area contributed by atoms with E-state index in [1.165, 1.54) is 0 Å². The molecule has 1 fully saturated rings. The number of Topliss-reactive ketones (excluding diaryl/α,β-unsaturated/α-hetero) is 2.